The van der Waals surface area contributed by atoms with E-state index >= 15 is 0 Å². The molecule has 0 atom stereocenters. The molecule has 0 unspecified atom stereocenters. The number of hydrogen-bond acceptors (Lipinski definition) is 3. The summed E-state index contributed by atoms with van der Waals surface area (Å²) in [5, 5.41) is 3.74. The second-order valence-corrected chi connectivity index (χ2v) is 3.98. The van der Waals surface area contributed by atoms with Crippen molar-refractivity contribution in [3.05, 3.63) is 65.5 Å². The van der Waals surface area contributed by atoms with Gasteiger partial charge in [0.1, 0.15) is 17.3 Å². The molecule has 1 aromatic heterocycles. The molecule has 1 amide bonds. The fourth-order valence-electron chi connectivity index (χ4n) is 1.52. The van der Waals surface area contributed by atoms with Gasteiger partial charge in [-0.15, -0.1) is 0 Å². The molecule has 2 aromatic rings. The molecule has 0 radical (unpaired) electrons. The Morgan fingerprint density at radius 3 is 2.75 bits per heavy atom. The first-order chi connectivity index (χ1) is 9.58. The lowest BCUT2D eigenvalue weighted by Crippen LogP contribution is -2.20. The van der Waals surface area contributed by atoms with Gasteiger partial charge in [-0.05, 0) is 37.3 Å². The molecule has 102 valence electrons. The standard InChI is InChI=1S/C14H11F2N3O/c1-9(11-8-10(15)5-6-12(11)16)18-19-14(20)13-4-2-3-7-17-13/h2-8H,1H3,(H,19,20)/b18-9-. The Morgan fingerprint density at radius 2 is 2.05 bits per heavy atom. The van der Waals surface area contributed by atoms with E-state index in [4.69, 9.17) is 0 Å². The lowest BCUT2D eigenvalue weighted by molar-refractivity contribution is 0.0950. The van der Waals surface area contributed by atoms with Crippen LogP contribution >= 0.6 is 0 Å². The summed E-state index contributed by atoms with van der Waals surface area (Å²) in [4.78, 5) is 15.5. The number of benzene rings is 1. The molecular weight excluding hydrogens is 264 g/mol. The predicted molar refractivity (Wildman–Crippen MR) is 70.3 cm³/mol. The summed E-state index contributed by atoms with van der Waals surface area (Å²) in [7, 11) is 0. The minimum absolute atomic E-state index is 0.00804. The Kier molecular flexibility index (Phi) is 4.14. The second-order valence-electron chi connectivity index (χ2n) is 3.98. The largest absolute Gasteiger partial charge is 0.289 e. The minimum Gasteiger partial charge on any atom is -0.266 e. The van der Waals surface area contributed by atoms with Gasteiger partial charge < -0.3 is 0 Å². The normalized spacial score (nSPS) is 11.2. The Balaban J connectivity index is 2.15. The number of halogens is 2. The molecule has 6 heteroatoms. The van der Waals surface area contributed by atoms with Crippen LogP contribution in [0.15, 0.2) is 47.7 Å². The van der Waals surface area contributed by atoms with Crippen molar-refractivity contribution in [1.29, 1.82) is 0 Å². The predicted octanol–water partition coefficient (Wildman–Crippen LogP) is 2.51. The molecule has 0 saturated heterocycles. The van der Waals surface area contributed by atoms with Gasteiger partial charge in [-0.3, -0.25) is 9.78 Å². The van der Waals surface area contributed by atoms with E-state index in [1.165, 1.54) is 19.2 Å². The highest BCUT2D eigenvalue weighted by Crippen LogP contribution is 2.10. The first-order valence-corrected chi connectivity index (χ1v) is 5.79. The van der Waals surface area contributed by atoms with Gasteiger partial charge in [0.2, 0.25) is 0 Å². The number of pyridine rings is 1. The number of hydrazone groups is 1. The average molecular weight is 275 g/mol. The first-order valence-electron chi connectivity index (χ1n) is 5.79. The van der Waals surface area contributed by atoms with Gasteiger partial charge in [-0.1, -0.05) is 6.07 Å². The van der Waals surface area contributed by atoms with Crippen molar-refractivity contribution < 1.29 is 13.6 Å². The zero-order valence-electron chi connectivity index (χ0n) is 10.6. The van der Waals surface area contributed by atoms with Gasteiger partial charge in [-0.25, -0.2) is 14.2 Å². The van der Waals surface area contributed by atoms with E-state index in [0.717, 1.165) is 18.2 Å². The van der Waals surface area contributed by atoms with Crippen LogP contribution in [0.4, 0.5) is 8.78 Å². The summed E-state index contributed by atoms with van der Waals surface area (Å²) in [6, 6.07) is 7.88. The molecule has 1 N–H and O–H groups in total. The number of rotatable bonds is 3. The SMILES string of the molecule is C/C(=N/NC(=O)c1ccccn1)c1cc(F)ccc1F. The molecule has 0 aliphatic rings. The van der Waals surface area contributed by atoms with Crippen LogP contribution in [0.1, 0.15) is 23.0 Å². The molecule has 1 aromatic carbocycles. The van der Waals surface area contributed by atoms with Crippen molar-refractivity contribution in [2.45, 2.75) is 6.92 Å². The van der Waals surface area contributed by atoms with E-state index in [1.807, 2.05) is 0 Å². The number of aromatic nitrogens is 1. The van der Waals surface area contributed by atoms with Gasteiger partial charge >= 0.3 is 0 Å². The summed E-state index contributed by atoms with van der Waals surface area (Å²) in [6.45, 7) is 1.47. The topological polar surface area (TPSA) is 54.4 Å². The van der Waals surface area contributed by atoms with Crippen LogP contribution in [0.25, 0.3) is 0 Å². The zero-order valence-corrected chi connectivity index (χ0v) is 10.6. The molecule has 0 aliphatic heterocycles. The third kappa shape index (κ3) is 3.23. The number of nitrogens with zero attached hydrogens (tertiary/aromatic N) is 2. The Morgan fingerprint density at radius 1 is 1.25 bits per heavy atom. The maximum Gasteiger partial charge on any atom is 0.289 e. The monoisotopic (exact) mass is 275 g/mol. The van der Waals surface area contributed by atoms with Crippen molar-refractivity contribution in [2.75, 3.05) is 0 Å². The van der Waals surface area contributed by atoms with Gasteiger partial charge in [0, 0.05) is 11.8 Å². The molecule has 4 nitrogen and oxygen atoms in total. The third-order valence-electron chi connectivity index (χ3n) is 2.54. The molecule has 0 saturated carbocycles. The highest BCUT2D eigenvalue weighted by atomic mass is 19.1. The number of nitrogens with one attached hydrogen (secondary N) is 1. The van der Waals surface area contributed by atoms with Crippen molar-refractivity contribution in [1.82, 2.24) is 10.4 Å². The van der Waals surface area contributed by atoms with Crippen molar-refractivity contribution in [3.8, 4) is 0 Å². The summed E-state index contributed by atoms with van der Waals surface area (Å²) in [5.41, 5.74) is 2.58. The van der Waals surface area contributed by atoms with Gasteiger partial charge in [0.25, 0.3) is 5.91 Å². The smallest absolute Gasteiger partial charge is 0.266 e. The molecular formula is C14H11F2N3O. The van der Waals surface area contributed by atoms with Crippen LogP contribution in [0.3, 0.4) is 0 Å². The van der Waals surface area contributed by atoms with E-state index in [2.05, 4.69) is 15.5 Å². The van der Waals surface area contributed by atoms with Crippen molar-refractivity contribution in [2.24, 2.45) is 5.10 Å². The number of amides is 1. The van der Waals surface area contributed by atoms with Gasteiger partial charge in [0.15, 0.2) is 0 Å². The fourth-order valence-corrected chi connectivity index (χ4v) is 1.52. The third-order valence-corrected chi connectivity index (χ3v) is 2.54. The molecule has 0 aliphatic carbocycles. The lowest BCUT2D eigenvalue weighted by Gasteiger charge is -2.04. The van der Waals surface area contributed by atoms with Crippen LogP contribution in [0.2, 0.25) is 0 Å². The maximum atomic E-state index is 13.5. The molecule has 0 spiro atoms. The van der Waals surface area contributed by atoms with Crippen LogP contribution in [-0.4, -0.2) is 16.6 Å². The Hall–Kier alpha value is -2.63. The summed E-state index contributed by atoms with van der Waals surface area (Å²) < 4.78 is 26.5. The molecule has 1 heterocycles. The Labute approximate surface area is 114 Å². The van der Waals surface area contributed by atoms with Crippen molar-refractivity contribution >= 4 is 11.6 Å². The van der Waals surface area contributed by atoms with Crippen LogP contribution in [0.5, 0.6) is 0 Å². The Bertz CT molecular complexity index is 657. The molecule has 2 rings (SSSR count). The van der Waals surface area contributed by atoms with Gasteiger partial charge in [0.05, 0.1) is 5.71 Å². The van der Waals surface area contributed by atoms with E-state index in [9.17, 15) is 13.6 Å². The van der Waals surface area contributed by atoms with E-state index in [-0.39, 0.29) is 17.0 Å². The zero-order chi connectivity index (χ0) is 14.5. The first kappa shape index (κ1) is 13.8. The number of carbonyl (C=O) groups is 1. The molecule has 0 fully saturated rings. The molecule has 0 bridgehead atoms. The maximum absolute atomic E-state index is 13.5. The van der Waals surface area contributed by atoms with Crippen molar-refractivity contribution in [3.63, 3.8) is 0 Å². The quantitative estimate of drug-likeness (QED) is 0.691. The lowest BCUT2D eigenvalue weighted by atomic mass is 10.1. The number of hydrogen-bond donors (Lipinski definition) is 1. The minimum atomic E-state index is -0.611. The van der Waals surface area contributed by atoms with Crippen LogP contribution < -0.4 is 5.43 Å². The second kappa shape index (κ2) is 6.01. The van der Waals surface area contributed by atoms with Crippen LogP contribution in [0, 0.1) is 11.6 Å². The van der Waals surface area contributed by atoms with Gasteiger partial charge in [-0.2, -0.15) is 5.10 Å². The summed E-state index contributed by atoms with van der Waals surface area (Å²) >= 11 is 0. The van der Waals surface area contributed by atoms with E-state index in [0.29, 0.717) is 0 Å². The molecule has 20 heavy (non-hydrogen) atoms. The fraction of sp³-hybridized carbons (Fsp3) is 0.0714. The summed E-state index contributed by atoms with van der Waals surface area (Å²) in [5.74, 6) is -1.71. The number of carbonyl (C=O) groups excluding carboxylic acids is 1. The average Bonchev–Trinajstić information content (AvgIpc) is 2.47. The highest BCUT2D eigenvalue weighted by Gasteiger charge is 2.09. The van der Waals surface area contributed by atoms with Crippen LogP contribution in [-0.2, 0) is 0 Å². The summed E-state index contributed by atoms with van der Waals surface area (Å²) in [6.07, 6.45) is 1.47. The van der Waals surface area contributed by atoms with E-state index in [1.54, 1.807) is 12.1 Å². The van der Waals surface area contributed by atoms with E-state index < -0.39 is 17.5 Å². The highest BCUT2D eigenvalue weighted by molar-refractivity contribution is 6.00.